The van der Waals surface area contributed by atoms with Crippen molar-refractivity contribution in [2.75, 3.05) is 0 Å². The molecule has 0 N–H and O–H groups in total. The molecule has 33 heavy (non-hydrogen) atoms. The van der Waals surface area contributed by atoms with Crippen molar-refractivity contribution in [3.05, 3.63) is 105 Å². The summed E-state index contributed by atoms with van der Waals surface area (Å²) in [6.07, 6.45) is 3.79. The molecule has 0 radical (unpaired) electrons. The number of halogens is 2. The molecule has 2 heterocycles. The van der Waals surface area contributed by atoms with Crippen LogP contribution in [0.2, 0.25) is 10.0 Å². The number of para-hydroxylation sites is 2. The van der Waals surface area contributed by atoms with Gasteiger partial charge in [0.1, 0.15) is 11.6 Å². The summed E-state index contributed by atoms with van der Waals surface area (Å²) in [5, 5.41) is 11.1. The van der Waals surface area contributed by atoms with Crippen molar-refractivity contribution in [1.29, 1.82) is 5.26 Å². The van der Waals surface area contributed by atoms with Crippen LogP contribution in [0.1, 0.15) is 27.8 Å². The lowest BCUT2D eigenvalue weighted by molar-refractivity contribution is 1.21. The molecule has 3 aromatic carbocycles. The SMILES string of the molecule is Cc1cc(C)cc(-c2cc(/C=C/c3cccc(Cl)c3Cl)c(C#N)c3nc4ccccc4n23)c1. The van der Waals surface area contributed by atoms with Gasteiger partial charge in [-0.25, -0.2) is 4.98 Å². The van der Waals surface area contributed by atoms with Crippen molar-refractivity contribution in [2.24, 2.45) is 0 Å². The number of imidazole rings is 1. The fourth-order valence-electron chi connectivity index (χ4n) is 4.26. The highest BCUT2D eigenvalue weighted by molar-refractivity contribution is 6.42. The van der Waals surface area contributed by atoms with Crippen LogP contribution in [0.15, 0.2) is 66.7 Å². The van der Waals surface area contributed by atoms with Gasteiger partial charge in [-0.15, -0.1) is 0 Å². The van der Waals surface area contributed by atoms with Gasteiger partial charge >= 0.3 is 0 Å². The second-order valence-corrected chi connectivity index (χ2v) is 8.87. The first-order chi connectivity index (χ1) is 16.0. The molecule has 5 rings (SSSR count). The Morgan fingerprint density at radius 1 is 0.879 bits per heavy atom. The van der Waals surface area contributed by atoms with E-state index < -0.39 is 0 Å². The van der Waals surface area contributed by atoms with E-state index in [-0.39, 0.29) is 0 Å². The molecule has 0 saturated carbocycles. The molecule has 0 fully saturated rings. The Hall–Kier alpha value is -3.58. The average molecular weight is 468 g/mol. The zero-order chi connectivity index (χ0) is 23.1. The Labute approximate surface area is 202 Å². The van der Waals surface area contributed by atoms with E-state index in [9.17, 15) is 5.26 Å². The largest absolute Gasteiger partial charge is 0.291 e. The number of nitrogens with zero attached hydrogens (tertiary/aromatic N) is 3. The van der Waals surface area contributed by atoms with Crippen molar-refractivity contribution in [2.45, 2.75) is 13.8 Å². The van der Waals surface area contributed by atoms with Crippen LogP contribution in [0.25, 0.3) is 40.1 Å². The summed E-state index contributed by atoms with van der Waals surface area (Å²) in [4.78, 5) is 4.82. The summed E-state index contributed by atoms with van der Waals surface area (Å²) in [5.74, 6) is 0. The molecule has 0 saturated heterocycles. The predicted octanol–water partition coefficient (Wildman–Crippen LogP) is 8.12. The molecule has 0 aliphatic carbocycles. The van der Waals surface area contributed by atoms with Gasteiger partial charge in [0.2, 0.25) is 0 Å². The van der Waals surface area contributed by atoms with Crippen LogP contribution in [0, 0.1) is 25.2 Å². The summed E-state index contributed by atoms with van der Waals surface area (Å²) < 4.78 is 2.08. The van der Waals surface area contributed by atoms with Gasteiger partial charge in [-0.05, 0) is 66.9 Å². The number of benzene rings is 3. The van der Waals surface area contributed by atoms with E-state index in [1.54, 1.807) is 6.07 Å². The van der Waals surface area contributed by atoms with Crippen LogP contribution in [0.5, 0.6) is 0 Å². The Bertz CT molecular complexity index is 1600. The summed E-state index contributed by atoms with van der Waals surface area (Å²) >= 11 is 12.6. The van der Waals surface area contributed by atoms with E-state index in [0.717, 1.165) is 33.4 Å². The Morgan fingerprint density at radius 3 is 2.36 bits per heavy atom. The summed E-state index contributed by atoms with van der Waals surface area (Å²) in [7, 11) is 0. The number of pyridine rings is 1. The van der Waals surface area contributed by atoms with Gasteiger partial charge in [-0.3, -0.25) is 4.40 Å². The molecule has 0 atom stereocenters. The normalized spacial score (nSPS) is 11.5. The van der Waals surface area contributed by atoms with E-state index in [0.29, 0.717) is 21.3 Å². The molecule has 0 bridgehead atoms. The molecule has 0 unspecified atom stereocenters. The van der Waals surface area contributed by atoms with E-state index >= 15 is 0 Å². The fraction of sp³-hybridized carbons (Fsp3) is 0.0714. The molecular weight excluding hydrogens is 449 g/mol. The molecule has 2 aromatic heterocycles. The average Bonchev–Trinajstić information content (AvgIpc) is 3.18. The zero-order valence-electron chi connectivity index (χ0n) is 18.1. The third-order valence-corrected chi connectivity index (χ3v) is 6.49. The fourth-order valence-corrected chi connectivity index (χ4v) is 4.63. The number of hydrogen-bond donors (Lipinski definition) is 0. The van der Waals surface area contributed by atoms with Crippen molar-refractivity contribution >= 4 is 52.0 Å². The van der Waals surface area contributed by atoms with Gasteiger partial charge in [-0.1, -0.05) is 76.8 Å². The molecule has 160 valence electrons. The van der Waals surface area contributed by atoms with Gasteiger partial charge in [0, 0.05) is 0 Å². The smallest absolute Gasteiger partial charge is 0.157 e. The maximum Gasteiger partial charge on any atom is 0.157 e. The van der Waals surface area contributed by atoms with Crippen molar-refractivity contribution in [3.8, 4) is 17.3 Å². The summed E-state index contributed by atoms with van der Waals surface area (Å²) in [5.41, 5.74) is 8.90. The third-order valence-electron chi connectivity index (χ3n) is 5.66. The molecule has 0 aliphatic rings. The summed E-state index contributed by atoms with van der Waals surface area (Å²) in [6, 6.07) is 24.3. The van der Waals surface area contributed by atoms with Crippen LogP contribution in [0.4, 0.5) is 0 Å². The lowest BCUT2D eigenvalue weighted by atomic mass is 10.0. The molecule has 5 aromatic rings. The van der Waals surface area contributed by atoms with E-state index in [1.165, 1.54) is 11.1 Å². The first-order valence-electron chi connectivity index (χ1n) is 10.5. The number of aryl methyl sites for hydroxylation is 2. The van der Waals surface area contributed by atoms with Crippen molar-refractivity contribution < 1.29 is 0 Å². The van der Waals surface area contributed by atoms with Gasteiger partial charge in [-0.2, -0.15) is 5.26 Å². The minimum Gasteiger partial charge on any atom is -0.291 e. The Balaban J connectivity index is 1.84. The van der Waals surface area contributed by atoms with E-state index in [1.807, 2.05) is 54.6 Å². The van der Waals surface area contributed by atoms with Gasteiger partial charge < -0.3 is 0 Å². The number of nitriles is 1. The number of hydrogen-bond acceptors (Lipinski definition) is 2. The number of rotatable bonds is 3. The van der Waals surface area contributed by atoms with Gasteiger partial charge in [0.15, 0.2) is 5.65 Å². The molecule has 5 heteroatoms. The topological polar surface area (TPSA) is 41.1 Å². The van der Waals surface area contributed by atoms with Gasteiger partial charge in [0.25, 0.3) is 0 Å². The monoisotopic (exact) mass is 467 g/mol. The minimum absolute atomic E-state index is 0.482. The second kappa shape index (κ2) is 8.41. The van der Waals surface area contributed by atoms with Crippen LogP contribution >= 0.6 is 23.2 Å². The van der Waals surface area contributed by atoms with Crippen LogP contribution in [-0.4, -0.2) is 9.38 Å². The van der Waals surface area contributed by atoms with Gasteiger partial charge in [0.05, 0.1) is 26.8 Å². The maximum atomic E-state index is 10.1. The van der Waals surface area contributed by atoms with Crippen molar-refractivity contribution in [1.82, 2.24) is 9.38 Å². The minimum atomic E-state index is 0.482. The van der Waals surface area contributed by atoms with Crippen molar-refractivity contribution in [3.63, 3.8) is 0 Å². The quantitative estimate of drug-likeness (QED) is 0.268. The highest BCUT2D eigenvalue weighted by atomic mass is 35.5. The number of aromatic nitrogens is 2. The predicted molar refractivity (Wildman–Crippen MR) is 138 cm³/mol. The standard InChI is InChI=1S/C28H19Cl2N3/c1-17-12-18(2)14-21(13-17)26-15-20(11-10-19-6-5-7-23(29)27(19)30)22(16-31)28-32-24-8-3-4-9-25(24)33(26)28/h3-15H,1-2H3/b11-10+. The molecular formula is C28H19Cl2N3. The molecule has 0 aliphatic heterocycles. The number of fused-ring (bicyclic) bond motifs is 3. The lowest BCUT2D eigenvalue weighted by Gasteiger charge is -2.12. The molecule has 0 spiro atoms. The van der Waals surface area contributed by atoms with Crippen LogP contribution in [0.3, 0.4) is 0 Å². The summed E-state index contributed by atoms with van der Waals surface area (Å²) in [6.45, 7) is 4.18. The lowest BCUT2D eigenvalue weighted by Crippen LogP contribution is -1.99. The van der Waals surface area contributed by atoms with E-state index in [4.69, 9.17) is 28.2 Å². The third kappa shape index (κ3) is 3.78. The first-order valence-corrected chi connectivity index (χ1v) is 11.3. The Morgan fingerprint density at radius 2 is 1.61 bits per heavy atom. The first kappa shape index (κ1) is 21.3. The maximum absolute atomic E-state index is 10.1. The van der Waals surface area contributed by atoms with Crippen LogP contribution in [-0.2, 0) is 0 Å². The second-order valence-electron chi connectivity index (χ2n) is 8.08. The highest BCUT2D eigenvalue weighted by Gasteiger charge is 2.17. The van der Waals surface area contributed by atoms with Crippen LogP contribution < -0.4 is 0 Å². The molecule has 3 nitrogen and oxygen atoms in total. The zero-order valence-corrected chi connectivity index (χ0v) is 19.6. The Kier molecular flexibility index (Phi) is 5.42. The van der Waals surface area contributed by atoms with E-state index in [2.05, 4.69) is 42.5 Å². The highest BCUT2D eigenvalue weighted by Crippen LogP contribution is 2.33. The molecule has 0 amide bonds.